The molecule has 0 unspecified atom stereocenters. The predicted octanol–water partition coefficient (Wildman–Crippen LogP) is 1.92. The standard InChI is InChI=1S/C12H9N3O/c16-12-10-7-9(11-4-6-14-15-11)2-1-8(10)3-5-13-12/h1-7H,(H,13,16)(H,14,15). The van der Waals surface area contributed by atoms with Gasteiger partial charge >= 0.3 is 0 Å². The van der Waals surface area contributed by atoms with E-state index in [0.717, 1.165) is 16.6 Å². The number of rotatable bonds is 1. The quantitative estimate of drug-likeness (QED) is 0.646. The predicted molar refractivity (Wildman–Crippen MR) is 62.2 cm³/mol. The lowest BCUT2D eigenvalue weighted by Crippen LogP contribution is -2.04. The second-order valence-corrected chi connectivity index (χ2v) is 3.58. The van der Waals surface area contributed by atoms with Crippen LogP contribution in [-0.2, 0) is 0 Å². The van der Waals surface area contributed by atoms with E-state index in [2.05, 4.69) is 15.2 Å². The number of nitrogens with zero attached hydrogens (tertiary/aromatic N) is 1. The average molecular weight is 211 g/mol. The molecule has 16 heavy (non-hydrogen) atoms. The summed E-state index contributed by atoms with van der Waals surface area (Å²) < 4.78 is 0. The minimum atomic E-state index is -0.0705. The number of aromatic amines is 2. The maximum absolute atomic E-state index is 11.6. The van der Waals surface area contributed by atoms with Gasteiger partial charge in [0.1, 0.15) is 0 Å². The van der Waals surface area contributed by atoms with Gasteiger partial charge in [0.2, 0.25) is 0 Å². The Labute approximate surface area is 90.9 Å². The number of H-pyrrole nitrogens is 2. The van der Waals surface area contributed by atoms with Crippen LogP contribution in [-0.4, -0.2) is 15.2 Å². The van der Waals surface area contributed by atoms with Gasteiger partial charge in [-0.25, -0.2) is 0 Å². The molecule has 0 saturated heterocycles. The highest BCUT2D eigenvalue weighted by atomic mass is 16.1. The lowest BCUT2D eigenvalue weighted by Gasteiger charge is -2.00. The molecule has 0 saturated carbocycles. The Balaban J connectivity index is 2.31. The Kier molecular flexibility index (Phi) is 1.86. The zero-order chi connectivity index (χ0) is 11.0. The Bertz CT molecular complexity index is 683. The van der Waals surface area contributed by atoms with Gasteiger partial charge in [0.25, 0.3) is 5.56 Å². The highest BCUT2D eigenvalue weighted by Gasteiger charge is 2.02. The highest BCUT2D eigenvalue weighted by molar-refractivity contribution is 5.85. The molecular formula is C12H9N3O. The van der Waals surface area contributed by atoms with Gasteiger partial charge in [-0.05, 0) is 23.6 Å². The number of fused-ring (bicyclic) bond motifs is 1. The molecule has 2 N–H and O–H groups in total. The molecule has 0 aliphatic rings. The fraction of sp³-hybridized carbons (Fsp3) is 0. The lowest BCUT2D eigenvalue weighted by molar-refractivity contribution is 1.10. The number of nitrogens with one attached hydrogen (secondary N) is 2. The third-order valence-electron chi connectivity index (χ3n) is 2.59. The van der Waals surface area contributed by atoms with Crippen molar-refractivity contribution in [2.45, 2.75) is 0 Å². The van der Waals surface area contributed by atoms with Crippen LogP contribution in [0.1, 0.15) is 0 Å². The molecule has 2 heterocycles. The van der Waals surface area contributed by atoms with Crippen LogP contribution in [0, 0.1) is 0 Å². The monoisotopic (exact) mass is 211 g/mol. The fourth-order valence-corrected chi connectivity index (χ4v) is 1.77. The molecule has 0 radical (unpaired) electrons. The zero-order valence-corrected chi connectivity index (χ0v) is 8.40. The normalized spacial score (nSPS) is 10.8. The fourth-order valence-electron chi connectivity index (χ4n) is 1.77. The molecule has 1 aromatic carbocycles. The van der Waals surface area contributed by atoms with Crippen molar-refractivity contribution in [3.63, 3.8) is 0 Å². The van der Waals surface area contributed by atoms with Crippen LogP contribution in [0.5, 0.6) is 0 Å². The lowest BCUT2D eigenvalue weighted by atomic mass is 10.1. The van der Waals surface area contributed by atoms with Crippen molar-refractivity contribution in [3.05, 3.63) is 53.1 Å². The smallest absolute Gasteiger partial charge is 0.255 e. The summed E-state index contributed by atoms with van der Waals surface area (Å²) in [6.45, 7) is 0. The van der Waals surface area contributed by atoms with E-state index in [1.54, 1.807) is 12.4 Å². The van der Waals surface area contributed by atoms with Crippen LogP contribution < -0.4 is 5.56 Å². The first kappa shape index (κ1) is 8.91. The first-order valence-electron chi connectivity index (χ1n) is 4.96. The molecule has 3 rings (SSSR count). The van der Waals surface area contributed by atoms with E-state index in [1.807, 2.05) is 30.3 Å². The summed E-state index contributed by atoms with van der Waals surface area (Å²) in [6, 6.07) is 9.52. The van der Waals surface area contributed by atoms with Crippen molar-refractivity contribution in [3.8, 4) is 11.3 Å². The molecule has 4 nitrogen and oxygen atoms in total. The molecule has 0 bridgehead atoms. The number of benzene rings is 1. The van der Waals surface area contributed by atoms with Crippen molar-refractivity contribution >= 4 is 10.8 Å². The van der Waals surface area contributed by atoms with Crippen molar-refractivity contribution in [2.24, 2.45) is 0 Å². The first-order chi connectivity index (χ1) is 7.84. The molecule has 78 valence electrons. The molecule has 0 aliphatic carbocycles. The van der Waals surface area contributed by atoms with E-state index in [-0.39, 0.29) is 5.56 Å². The molecule has 3 aromatic rings. The van der Waals surface area contributed by atoms with Gasteiger partial charge in [0.05, 0.1) is 5.69 Å². The molecule has 4 heteroatoms. The van der Waals surface area contributed by atoms with Crippen molar-refractivity contribution < 1.29 is 0 Å². The largest absolute Gasteiger partial charge is 0.329 e. The van der Waals surface area contributed by atoms with Crippen LogP contribution in [0.3, 0.4) is 0 Å². The van der Waals surface area contributed by atoms with Crippen molar-refractivity contribution in [1.82, 2.24) is 15.2 Å². The Hall–Kier alpha value is -2.36. The Morgan fingerprint density at radius 2 is 2.06 bits per heavy atom. The Morgan fingerprint density at radius 3 is 2.88 bits per heavy atom. The number of pyridine rings is 1. The summed E-state index contributed by atoms with van der Waals surface area (Å²) in [7, 11) is 0. The zero-order valence-electron chi connectivity index (χ0n) is 8.40. The number of hydrogen-bond donors (Lipinski definition) is 2. The van der Waals surface area contributed by atoms with E-state index in [0.29, 0.717) is 5.39 Å². The highest BCUT2D eigenvalue weighted by Crippen LogP contribution is 2.20. The minimum absolute atomic E-state index is 0.0705. The molecule has 0 amide bonds. The third kappa shape index (κ3) is 1.32. The minimum Gasteiger partial charge on any atom is -0.329 e. The average Bonchev–Trinajstić information content (AvgIpc) is 2.83. The second kappa shape index (κ2) is 3.34. The third-order valence-corrected chi connectivity index (χ3v) is 2.59. The van der Waals surface area contributed by atoms with Gasteiger partial charge in [-0.15, -0.1) is 0 Å². The van der Waals surface area contributed by atoms with Gasteiger partial charge in [0, 0.05) is 23.3 Å². The molecule has 0 atom stereocenters. The van der Waals surface area contributed by atoms with Gasteiger partial charge < -0.3 is 4.98 Å². The van der Waals surface area contributed by atoms with Gasteiger partial charge in [-0.3, -0.25) is 9.89 Å². The molecule has 0 aliphatic heterocycles. The van der Waals surface area contributed by atoms with Gasteiger partial charge in [-0.2, -0.15) is 5.10 Å². The van der Waals surface area contributed by atoms with Crippen LogP contribution in [0.2, 0.25) is 0 Å². The van der Waals surface area contributed by atoms with E-state index in [1.165, 1.54) is 0 Å². The maximum atomic E-state index is 11.6. The second-order valence-electron chi connectivity index (χ2n) is 3.58. The van der Waals surface area contributed by atoms with Crippen molar-refractivity contribution in [1.29, 1.82) is 0 Å². The maximum Gasteiger partial charge on any atom is 0.255 e. The van der Waals surface area contributed by atoms with E-state index in [9.17, 15) is 4.79 Å². The van der Waals surface area contributed by atoms with E-state index in [4.69, 9.17) is 0 Å². The molecule has 0 fully saturated rings. The summed E-state index contributed by atoms with van der Waals surface area (Å²) in [5.74, 6) is 0. The SMILES string of the molecule is O=c1[nH]ccc2ccc(-c3ccn[nH]3)cc12. The van der Waals surface area contributed by atoms with E-state index >= 15 is 0 Å². The molecule has 0 spiro atoms. The first-order valence-corrected chi connectivity index (χ1v) is 4.96. The summed E-state index contributed by atoms with van der Waals surface area (Å²) in [5.41, 5.74) is 1.80. The van der Waals surface area contributed by atoms with Crippen LogP contribution in [0.25, 0.3) is 22.0 Å². The molecular weight excluding hydrogens is 202 g/mol. The molecule has 2 aromatic heterocycles. The van der Waals surface area contributed by atoms with Gasteiger partial charge in [0.15, 0.2) is 0 Å². The van der Waals surface area contributed by atoms with Gasteiger partial charge in [-0.1, -0.05) is 12.1 Å². The topological polar surface area (TPSA) is 61.5 Å². The summed E-state index contributed by atoms with van der Waals surface area (Å²) >= 11 is 0. The summed E-state index contributed by atoms with van der Waals surface area (Å²) in [5, 5.41) is 8.39. The number of hydrogen-bond acceptors (Lipinski definition) is 2. The van der Waals surface area contributed by atoms with E-state index < -0.39 is 0 Å². The van der Waals surface area contributed by atoms with Crippen LogP contribution in [0.15, 0.2) is 47.5 Å². The van der Waals surface area contributed by atoms with Crippen molar-refractivity contribution in [2.75, 3.05) is 0 Å². The number of aromatic nitrogens is 3. The Morgan fingerprint density at radius 1 is 1.12 bits per heavy atom. The van der Waals surface area contributed by atoms with Crippen LogP contribution in [0.4, 0.5) is 0 Å². The van der Waals surface area contributed by atoms with Crippen LogP contribution >= 0.6 is 0 Å². The summed E-state index contributed by atoms with van der Waals surface area (Å²) in [4.78, 5) is 14.3. The summed E-state index contributed by atoms with van der Waals surface area (Å²) in [6.07, 6.45) is 3.34.